The van der Waals surface area contributed by atoms with Gasteiger partial charge in [-0.25, -0.2) is 8.42 Å². The number of rotatable bonds is 10. The number of hydrogen-bond donors (Lipinski definition) is 1. The van der Waals surface area contributed by atoms with Gasteiger partial charge in [0, 0.05) is 12.6 Å². The predicted octanol–water partition coefficient (Wildman–Crippen LogP) is 2.57. The van der Waals surface area contributed by atoms with Crippen LogP contribution in [0.25, 0.3) is 0 Å². The summed E-state index contributed by atoms with van der Waals surface area (Å²) < 4.78 is 41.6. The molecule has 30 heavy (non-hydrogen) atoms. The second-order valence-corrected chi connectivity index (χ2v) is 8.80. The van der Waals surface area contributed by atoms with Crippen LogP contribution < -0.4 is 23.8 Å². The number of methoxy groups -OCH3 is 2. The van der Waals surface area contributed by atoms with Gasteiger partial charge in [-0.2, -0.15) is 0 Å². The Kier molecular flexibility index (Phi) is 7.93. The second kappa shape index (κ2) is 10.2. The molecule has 0 aliphatic rings. The summed E-state index contributed by atoms with van der Waals surface area (Å²) in [6.07, 6.45) is 1.12. The summed E-state index contributed by atoms with van der Waals surface area (Å²) in [6, 6.07) is 12.0. The van der Waals surface area contributed by atoms with Crippen LogP contribution in [0.5, 0.6) is 17.2 Å². The zero-order valence-electron chi connectivity index (χ0n) is 17.8. The number of carbonyl (C=O) groups excluding carboxylic acids is 1. The lowest BCUT2D eigenvalue weighted by Crippen LogP contribution is -2.40. The molecule has 8 nitrogen and oxygen atoms in total. The first-order chi connectivity index (χ1) is 14.1. The molecule has 9 heteroatoms. The van der Waals surface area contributed by atoms with Crippen molar-refractivity contribution in [2.24, 2.45) is 0 Å². The fraction of sp³-hybridized carbons (Fsp3) is 0.381. The fourth-order valence-corrected chi connectivity index (χ4v) is 3.57. The Morgan fingerprint density at radius 2 is 1.67 bits per heavy atom. The minimum Gasteiger partial charge on any atom is -0.493 e. The van der Waals surface area contributed by atoms with Gasteiger partial charge in [-0.05, 0) is 43.7 Å². The number of benzene rings is 2. The fourth-order valence-electron chi connectivity index (χ4n) is 2.73. The first kappa shape index (κ1) is 23.3. The van der Waals surface area contributed by atoms with Crippen LogP contribution in [0, 0.1) is 0 Å². The summed E-state index contributed by atoms with van der Waals surface area (Å²) in [5, 5.41) is 2.74. The molecule has 0 spiro atoms. The molecule has 0 unspecified atom stereocenters. The Morgan fingerprint density at radius 1 is 1.03 bits per heavy atom. The molecule has 0 fully saturated rings. The van der Waals surface area contributed by atoms with Gasteiger partial charge in [0.25, 0.3) is 0 Å². The highest BCUT2D eigenvalue weighted by atomic mass is 32.2. The van der Waals surface area contributed by atoms with Crippen molar-refractivity contribution in [3.63, 3.8) is 0 Å². The summed E-state index contributed by atoms with van der Waals surface area (Å²) in [6.45, 7) is 3.80. The van der Waals surface area contributed by atoms with Crippen molar-refractivity contribution in [1.82, 2.24) is 5.32 Å². The van der Waals surface area contributed by atoms with E-state index in [1.807, 2.05) is 38.1 Å². The summed E-state index contributed by atoms with van der Waals surface area (Å²) >= 11 is 0. The molecule has 164 valence electrons. The average molecular weight is 437 g/mol. The van der Waals surface area contributed by atoms with Crippen molar-refractivity contribution in [2.45, 2.75) is 26.5 Å². The lowest BCUT2D eigenvalue weighted by molar-refractivity contribution is -0.119. The molecule has 2 aromatic carbocycles. The topological polar surface area (TPSA) is 94.2 Å². The van der Waals surface area contributed by atoms with Crippen molar-refractivity contribution in [3.05, 3.63) is 48.0 Å². The SMILES string of the molecule is COc1ccc(N(CC(=O)NCc2ccc(OC(C)C)cc2)S(C)(=O)=O)cc1OC. The molecular formula is C21H28N2O6S. The summed E-state index contributed by atoms with van der Waals surface area (Å²) in [5.41, 5.74) is 1.18. The van der Waals surface area contributed by atoms with Gasteiger partial charge in [0.05, 0.1) is 32.3 Å². The smallest absolute Gasteiger partial charge is 0.241 e. The molecule has 1 N–H and O–H groups in total. The third kappa shape index (κ3) is 6.55. The van der Waals surface area contributed by atoms with Crippen molar-refractivity contribution < 1.29 is 27.4 Å². The van der Waals surface area contributed by atoms with E-state index in [1.165, 1.54) is 20.3 Å². The lowest BCUT2D eigenvalue weighted by atomic mass is 10.2. The number of nitrogens with zero attached hydrogens (tertiary/aromatic N) is 1. The highest BCUT2D eigenvalue weighted by Gasteiger charge is 2.22. The zero-order valence-corrected chi connectivity index (χ0v) is 18.7. The van der Waals surface area contributed by atoms with E-state index in [2.05, 4.69) is 5.32 Å². The van der Waals surface area contributed by atoms with Gasteiger partial charge < -0.3 is 19.5 Å². The highest BCUT2D eigenvalue weighted by Crippen LogP contribution is 2.32. The Balaban J connectivity index is 2.07. The lowest BCUT2D eigenvalue weighted by Gasteiger charge is -2.23. The van der Waals surface area contributed by atoms with E-state index < -0.39 is 15.9 Å². The van der Waals surface area contributed by atoms with Crippen molar-refractivity contribution in [3.8, 4) is 17.2 Å². The first-order valence-electron chi connectivity index (χ1n) is 9.36. The van der Waals surface area contributed by atoms with Gasteiger partial charge in [0.1, 0.15) is 12.3 Å². The van der Waals surface area contributed by atoms with Crippen molar-refractivity contribution >= 4 is 21.6 Å². The quantitative estimate of drug-likeness (QED) is 0.615. The van der Waals surface area contributed by atoms with Crippen LogP contribution >= 0.6 is 0 Å². The molecule has 0 saturated carbocycles. The number of sulfonamides is 1. The summed E-state index contributed by atoms with van der Waals surface area (Å²) in [4.78, 5) is 12.4. The van der Waals surface area contributed by atoms with Gasteiger partial charge in [0.2, 0.25) is 15.9 Å². The minimum atomic E-state index is -3.70. The van der Waals surface area contributed by atoms with Gasteiger partial charge in [0.15, 0.2) is 11.5 Å². The largest absolute Gasteiger partial charge is 0.493 e. The van der Waals surface area contributed by atoms with Gasteiger partial charge >= 0.3 is 0 Å². The first-order valence-corrected chi connectivity index (χ1v) is 11.2. The molecule has 0 saturated heterocycles. The third-order valence-electron chi connectivity index (χ3n) is 4.13. The van der Waals surface area contributed by atoms with Gasteiger partial charge in [-0.3, -0.25) is 9.10 Å². The Labute approximate surface area is 177 Å². The maximum Gasteiger partial charge on any atom is 0.241 e. The molecule has 0 atom stereocenters. The number of carbonyl (C=O) groups is 1. The maximum absolute atomic E-state index is 12.4. The molecule has 0 aliphatic carbocycles. The van der Waals surface area contributed by atoms with E-state index in [0.29, 0.717) is 17.2 Å². The van der Waals surface area contributed by atoms with Crippen LogP contribution in [-0.2, 0) is 21.4 Å². The van der Waals surface area contributed by atoms with Crippen molar-refractivity contribution in [2.75, 3.05) is 31.3 Å². The van der Waals surface area contributed by atoms with Gasteiger partial charge in [-0.1, -0.05) is 12.1 Å². The Hall–Kier alpha value is -2.94. The van der Waals surface area contributed by atoms with Crippen molar-refractivity contribution in [1.29, 1.82) is 0 Å². The van der Waals surface area contributed by atoms with Crippen LogP contribution in [0.2, 0.25) is 0 Å². The summed E-state index contributed by atoms with van der Waals surface area (Å²) in [7, 11) is -0.756. The number of anilines is 1. The maximum atomic E-state index is 12.4. The Morgan fingerprint density at radius 3 is 2.20 bits per heavy atom. The van der Waals surface area contributed by atoms with Gasteiger partial charge in [-0.15, -0.1) is 0 Å². The molecule has 1 amide bonds. The monoisotopic (exact) mass is 436 g/mol. The van der Waals surface area contributed by atoms with Crippen LogP contribution in [0.1, 0.15) is 19.4 Å². The molecule has 2 aromatic rings. The van der Waals surface area contributed by atoms with E-state index >= 15 is 0 Å². The third-order valence-corrected chi connectivity index (χ3v) is 5.27. The molecule has 2 rings (SSSR count). The van der Waals surface area contributed by atoms with Crippen LogP contribution in [-0.4, -0.2) is 47.4 Å². The van der Waals surface area contributed by atoms with E-state index in [4.69, 9.17) is 14.2 Å². The molecule has 0 aliphatic heterocycles. The zero-order chi connectivity index (χ0) is 22.3. The van der Waals surface area contributed by atoms with E-state index in [9.17, 15) is 13.2 Å². The molecule has 0 bridgehead atoms. The number of amides is 1. The van der Waals surface area contributed by atoms with E-state index in [1.54, 1.807) is 12.1 Å². The molecule has 0 aromatic heterocycles. The molecular weight excluding hydrogens is 408 g/mol. The predicted molar refractivity (Wildman–Crippen MR) is 116 cm³/mol. The average Bonchev–Trinajstić information content (AvgIpc) is 2.69. The van der Waals surface area contributed by atoms with Crippen LogP contribution in [0.15, 0.2) is 42.5 Å². The highest BCUT2D eigenvalue weighted by molar-refractivity contribution is 7.92. The molecule has 0 heterocycles. The Bertz CT molecular complexity index is 958. The van der Waals surface area contributed by atoms with Crippen LogP contribution in [0.4, 0.5) is 5.69 Å². The van der Waals surface area contributed by atoms with Crippen LogP contribution in [0.3, 0.4) is 0 Å². The van der Waals surface area contributed by atoms with E-state index in [0.717, 1.165) is 21.9 Å². The van der Waals surface area contributed by atoms with E-state index in [-0.39, 0.29) is 19.2 Å². The molecule has 0 radical (unpaired) electrons. The summed E-state index contributed by atoms with van der Waals surface area (Å²) in [5.74, 6) is 1.14. The standard InChI is InChI=1S/C21H28N2O6S/c1-15(2)29-18-9-6-16(7-10-18)13-22-21(24)14-23(30(5,25)26)17-8-11-19(27-3)20(12-17)28-4/h6-12,15H,13-14H2,1-5H3,(H,22,24). The number of hydrogen-bond acceptors (Lipinski definition) is 6. The number of ether oxygens (including phenoxy) is 3. The minimum absolute atomic E-state index is 0.0779. The number of nitrogens with one attached hydrogen (secondary N) is 1. The second-order valence-electron chi connectivity index (χ2n) is 6.90. The normalized spacial score (nSPS) is 11.1.